The van der Waals surface area contributed by atoms with Crippen molar-refractivity contribution in [1.82, 2.24) is 19.9 Å². The largest absolute Gasteiger partial charge is 0.455 e. The highest BCUT2D eigenvalue weighted by molar-refractivity contribution is 6.11. The Morgan fingerprint density at radius 2 is 0.979 bits per heavy atom. The summed E-state index contributed by atoms with van der Waals surface area (Å²) in [4.78, 5) is 25.8. The molecule has 0 N–H and O–H groups in total. The van der Waals surface area contributed by atoms with Crippen molar-refractivity contribution in [2.24, 2.45) is 4.99 Å². The summed E-state index contributed by atoms with van der Waals surface area (Å²) in [6, 6.07) is 28.5. The van der Waals surface area contributed by atoms with Crippen molar-refractivity contribution in [2.75, 3.05) is 4.90 Å². The SMILES string of the molecule is CC1(C)N=C2N(c3nc(-c4cccc5c4oc4ccccc45)nc(-c4cccc5c4oc4ccccc45)n3)C(C)(C)C(C)(C)N2C1(C)C. The number of guanidine groups is 1. The van der Waals surface area contributed by atoms with Crippen LogP contribution in [0.4, 0.5) is 5.95 Å². The normalized spacial score (nSPS) is 19.1. The Labute approximate surface area is 279 Å². The first kappa shape index (κ1) is 28.9. The van der Waals surface area contributed by atoms with Gasteiger partial charge in [-0.05, 0) is 79.7 Å². The molecule has 1 saturated heterocycles. The molecule has 1 fully saturated rings. The van der Waals surface area contributed by atoms with E-state index in [1.807, 2.05) is 60.7 Å². The number of para-hydroxylation sites is 4. The van der Waals surface area contributed by atoms with Gasteiger partial charge in [0, 0.05) is 21.5 Å². The van der Waals surface area contributed by atoms with Gasteiger partial charge in [0.15, 0.2) is 11.6 Å². The Morgan fingerprint density at radius 1 is 0.500 bits per heavy atom. The molecular weight excluding hydrogens is 596 g/mol. The van der Waals surface area contributed by atoms with Crippen LogP contribution in [0.3, 0.4) is 0 Å². The maximum absolute atomic E-state index is 6.49. The number of anilines is 1. The third-order valence-corrected chi connectivity index (χ3v) is 11.6. The summed E-state index contributed by atoms with van der Waals surface area (Å²) in [6.45, 7) is 18.0. The quantitative estimate of drug-likeness (QED) is 0.191. The second-order valence-electron chi connectivity index (χ2n) is 15.2. The number of aliphatic imine (C=N–C) groups is 1. The summed E-state index contributed by atoms with van der Waals surface area (Å²) < 4.78 is 13.0. The summed E-state index contributed by atoms with van der Waals surface area (Å²) in [7, 11) is 0. The lowest BCUT2D eigenvalue weighted by atomic mass is 9.76. The number of aromatic nitrogens is 3. The molecule has 8 heteroatoms. The van der Waals surface area contributed by atoms with Gasteiger partial charge in [0.05, 0.1) is 33.3 Å². The number of nitrogens with zero attached hydrogens (tertiary/aromatic N) is 6. The molecule has 0 unspecified atom stereocenters. The molecule has 48 heavy (non-hydrogen) atoms. The summed E-state index contributed by atoms with van der Waals surface area (Å²) in [5.41, 5.74) is 3.38. The topological polar surface area (TPSA) is 83.8 Å². The second-order valence-corrected chi connectivity index (χ2v) is 15.2. The van der Waals surface area contributed by atoms with E-state index in [2.05, 4.69) is 89.5 Å². The minimum atomic E-state index is -0.438. The fourth-order valence-electron chi connectivity index (χ4n) is 7.75. The predicted molar refractivity (Wildman–Crippen MR) is 193 cm³/mol. The molecule has 0 aliphatic carbocycles. The highest BCUT2D eigenvalue weighted by atomic mass is 16.3. The average Bonchev–Trinajstić information content (AvgIpc) is 3.71. The maximum Gasteiger partial charge on any atom is 0.236 e. The Hall–Kier alpha value is -5.24. The molecule has 2 aliphatic heterocycles. The lowest BCUT2D eigenvalue weighted by molar-refractivity contribution is 0.0527. The highest BCUT2D eigenvalue weighted by Crippen LogP contribution is 2.53. The molecule has 0 saturated carbocycles. The Morgan fingerprint density at radius 3 is 1.50 bits per heavy atom. The molecule has 0 atom stereocenters. The van der Waals surface area contributed by atoms with E-state index >= 15 is 0 Å². The molecule has 3 aromatic heterocycles. The van der Waals surface area contributed by atoms with Crippen molar-refractivity contribution in [3.05, 3.63) is 84.9 Å². The van der Waals surface area contributed by atoms with Crippen LogP contribution in [0, 0.1) is 0 Å². The van der Waals surface area contributed by atoms with E-state index < -0.39 is 5.54 Å². The van der Waals surface area contributed by atoms with Crippen LogP contribution in [0.1, 0.15) is 55.4 Å². The Balaban J connectivity index is 1.35. The Kier molecular flexibility index (Phi) is 5.56. The number of benzene rings is 4. The van der Waals surface area contributed by atoms with Crippen molar-refractivity contribution < 1.29 is 8.83 Å². The molecule has 0 radical (unpaired) electrons. The highest BCUT2D eigenvalue weighted by Gasteiger charge is 2.66. The molecule has 7 aromatic rings. The fourth-order valence-corrected chi connectivity index (χ4v) is 7.75. The van der Waals surface area contributed by atoms with E-state index in [4.69, 9.17) is 28.8 Å². The summed E-state index contributed by atoms with van der Waals surface area (Å²) in [6.07, 6.45) is 0. The van der Waals surface area contributed by atoms with E-state index in [9.17, 15) is 0 Å². The first-order chi connectivity index (χ1) is 22.8. The van der Waals surface area contributed by atoms with E-state index in [1.54, 1.807) is 0 Å². The van der Waals surface area contributed by atoms with Gasteiger partial charge in [-0.15, -0.1) is 0 Å². The van der Waals surface area contributed by atoms with Crippen LogP contribution >= 0.6 is 0 Å². The maximum atomic E-state index is 6.49. The molecule has 8 nitrogen and oxygen atoms in total. The molecule has 0 spiro atoms. The second kappa shape index (κ2) is 9.22. The standard InChI is InChI=1S/C40H38N6O2/c1-37(2)38(3,4)46-36(44-37)45(39(5,6)40(46,7)8)35-42-33(27-19-13-17-25-23-15-9-11-21-29(23)47-31(25)27)41-34(43-35)28-20-14-18-26-24-16-10-12-22-30(24)48-32(26)28/h9-22H,1-8H3. The number of hydrogen-bond donors (Lipinski definition) is 0. The van der Waals surface area contributed by atoms with Crippen LogP contribution in [-0.4, -0.2) is 48.0 Å². The molecule has 0 bridgehead atoms. The van der Waals surface area contributed by atoms with E-state index in [0.29, 0.717) is 17.6 Å². The van der Waals surface area contributed by atoms with Crippen LogP contribution in [0.25, 0.3) is 66.7 Å². The molecule has 5 heterocycles. The van der Waals surface area contributed by atoms with Crippen molar-refractivity contribution in [3.63, 3.8) is 0 Å². The van der Waals surface area contributed by atoms with Gasteiger partial charge >= 0.3 is 0 Å². The van der Waals surface area contributed by atoms with Crippen molar-refractivity contribution >= 4 is 55.8 Å². The zero-order valence-electron chi connectivity index (χ0n) is 28.6. The third-order valence-electron chi connectivity index (χ3n) is 11.6. The minimum Gasteiger partial charge on any atom is -0.455 e. The third kappa shape index (κ3) is 3.60. The van der Waals surface area contributed by atoms with Crippen molar-refractivity contribution in [3.8, 4) is 22.8 Å². The van der Waals surface area contributed by atoms with Gasteiger partial charge in [-0.3, -0.25) is 4.90 Å². The zero-order valence-corrected chi connectivity index (χ0v) is 28.6. The van der Waals surface area contributed by atoms with Gasteiger partial charge in [0.1, 0.15) is 22.3 Å². The van der Waals surface area contributed by atoms with Crippen LogP contribution < -0.4 is 4.90 Å². The van der Waals surface area contributed by atoms with Crippen LogP contribution in [-0.2, 0) is 0 Å². The fraction of sp³-hybridized carbons (Fsp3) is 0.300. The predicted octanol–water partition coefficient (Wildman–Crippen LogP) is 9.61. The van der Waals surface area contributed by atoms with Gasteiger partial charge in [-0.25, -0.2) is 9.98 Å². The Bertz CT molecular complexity index is 2370. The average molecular weight is 635 g/mol. The lowest BCUT2D eigenvalue weighted by Crippen LogP contribution is -2.63. The van der Waals surface area contributed by atoms with Gasteiger partial charge in [-0.1, -0.05) is 60.7 Å². The summed E-state index contributed by atoms with van der Waals surface area (Å²) in [5.74, 6) is 2.45. The van der Waals surface area contributed by atoms with Crippen molar-refractivity contribution in [1.29, 1.82) is 0 Å². The summed E-state index contributed by atoms with van der Waals surface area (Å²) >= 11 is 0. The van der Waals surface area contributed by atoms with Gasteiger partial charge < -0.3 is 13.7 Å². The molecular formula is C40H38N6O2. The lowest BCUT2D eigenvalue weighted by Gasteiger charge is -2.50. The number of fused-ring (bicyclic) bond motifs is 7. The molecule has 2 aliphatic rings. The summed E-state index contributed by atoms with van der Waals surface area (Å²) in [5, 5.41) is 4.14. The van der Waals surface area contributed by atoms with Gasteiger partial charge in [-0.2, -0.15) is 9.97 Å². The van der Waals surface area contributed by atoms with Crippen LogP contribution in [0.2, 0.25) is 0 Å². The minimum absolute atomic E-state index is 0.254. The molecule has 4 aromatic carbocycles. The smallest absolute Gasteiger partial charge is 0.236 e. The van der Waals surface area contributed by atoms with Crippen LogP contribution in [0.15, 0.2) is 98.8 Å². The molecule has 0 amide bonds. The molecule has 240 valence electrons. The van der Waals surface area contributed by atoms with E-state index in [1.165, 1.54) is 0 Å². The zero-order chi connectivity index (χ0) is 33.4. The van der Waals surface area contributed by atoms with Crippen LogP contribution in [0.5, 0.6) is 0 Å². The molecule has 9 rings (SSSR count). The van der Waals surface area contributed by atoms with Gasteiger partial charge in [0.25, 0.3) is 0 Å². The number of hydrogen-bond acceptors (Lipinski definition) is 8. The number of furan rings is 2. The van der Waals surface area contributed by atoms with E-state index in [0.717, 1.165) is 61.0 Å². The first-order valence-electron chi connectivity index (χ1n) is 16.6. The number of rotatable bonds is 3. The monoisotopic (exact) mass is 634 g/mol. The van der Waals surface area contributed by atoms with E-state index in [-0.39, 0.29) is 16.6 Å². The van der Waals surface area contributed by atoms with Crippen molar-refractivity contribution in [2.45, 2.75) is 77.5 Å². The van der Waals surface area contributed by atoms with Gasteiger partial charge in [0.2, 0.25) is 11.9 Å². The first-order valence-corrected chi connectivity index (χ1v) is 16.6.